The second kappa shape index (κ2) is 9.61. The molecule has 0 saturated carbocycles. The molecule has 0 aromatic heterocycles. The third-order valence-corrected chi connectivity index (χ3v) is 3.15. The van der Waals surface area contributed by atoms with Crippen molar-refractivity contribution in [1.29, 1.82) is 0 Å². The highest BCUT2D eigenvalue weighted by molar-refractivity contribution is 5.80. The number of aliphatic hydroxyl groups is 1. The van der Waals surface area contributed by atoms with E-state index in [1.54, 1.807) is 11.9 Å². The number of carbonyl (C=O) groups excluding carboxylic acids is 1. The molecule has 0 radical (unpaired) electrons. The first-order chi connectivity index (χ1) is 8.93. The van der Waals surface area contributed by atoms with Crippen molar-refractivity contribution in [3.05, 3.63) is 0 Å². The summed E-state index contributed by atoms with van der Waals surface area (Å²) in [5.74, 6) is -0.998. The molecule has 0 rings (SSSR count). The molecule has 0 aliphatic heterocycles. The van der Waals surface area contributed by atoms with E-state index < -0.39 is 5.97 Å². The Kier molecular flexibility index (Phi) is 8.95. The lowest BCUT2D eigenvalue weighted by molar-refractivity contribution is -0.138. The molecule has 0 fully saturated rings. The molecule has 1 unspecified atom stereocenters. The van der Waals surface area contributed by atoms with Crippen LogP contribution in [0, 0.1) is 0 Å². The topological polar surface area (TPSA) is 81.1 Å². The van der Waals surface area contributed by atoms with Crippen LogP contribution in [0.4, 0.5) is 4.79 Å². The summed E-state index contributed by atoms with van der Waals surface area (Å²) in [5.41, 5.74) is 0. The minimum Gasteiger partial charge on any atom is -0.480 e. The van der Waals surface area contributed by atoms with E-state index in [0.29, 0.717) is 6.54 Å². The van der Waals surface area contributed by atoms with Crippen LogP contribution in [0.5, 0.6) is 0 Å². The monoisotopic (exact) mass is 274 g/mol. The Morgan fingerprint density at radius 3 is 2.32 bits per heavy atom. The quantitative estimate of drug-likeness (QED) is 0.622. The number of urea groups is 1. The number of aliphatic carboxylic acids is 1. The van der Waals surface area contributed by atoms with Gasteiger partial charge in [-0.2, -0.15) is 0 Å². The number of amides is 2. The number of nitrogens with zero attached hydrogens (tertiary/aromatic N) is 2. The Morgan fingerprint density at radius 2 is 1.84 bits per heavy atom. The first-order valence-corrected chi connectivity index (χ1v) is 6.78. The SMILES string of the molecule is CCC(C)N(CC(=O)O)C(=O)N(C)CCCCCO. The fraction of sp³-hybridized carbons (Fsp3) is 0.846. The Labute approximate surface area is 115 Å². The number of hydrogen-bond donors (Lipinski definition) is 2. The molecule has 0 aliphatic carbocycles. The van der Waals surface area contributed by atoms with Crippen molar-refractivity contribution in [2.24, 2.45) is 0 Å². The summed E-state index contributed by atoms with van der Waals surface area (Å²) in [6, 6.07) is -0.343. The zero-order valence-electron chi connectivity index (χ0n) is 12.1. The zero-order chi connectivity index (χ0) is 14.8. The van der Waals surface area contributed by atoms with Crippen LogP contribution >= 0.6 is 0 Å². The lowest BCUT2D eigenvalue weighted by atomic mass is 10.2. The van der Waals surface area contributed by atoms with Gasteiger partial charge in [-0.05, 0) is 32.6 Å². The van der Waals surface area contributed by atoms with Gasteiger partial charge < -0.3 is 20.0 Å². The van der Waals surface area contributed by atoms with Gasteiger partial charge in [0.25, 0.3) is 0 Å². The number of unbranched alkanes of at least 4 members (excludes halogenated alkanes) is 2. The molecule has 0 aromatic rings. The summed E-state index contributed by atoms with van der Waals surface area (Å²) in [6.45, 7) is 4.24. The molecular formula is C13H26N2O4. The van der Waals surface area contributed by atoms with Crippen LogP contribution in [0.1, 0.15) is 39.5 Å². The van der Waals surface area contributed by atoms with Gasteiger partial charge in [-0.25, -0.2) is 4.79 Å². The molecule has 2 amide bonds. The summed E-state index contributed by atoms with van der Waals surface area (Å²) in [5, 5.41) is 17.5. The maximum atomic E-state index is 12.2. The van der Waals surface area contributed by atoms with Gasteiger partial charge in [0, 0.05) is 26.2 Å². The fourth-order valence-corrected chi connectivity index (χ4v) is 1.73. The van der Waals surface area contributed by atoms with Gasteiger partial charge in [0.2, 0.25) is 0 Å². The molecule has 0 heterocycles. The van der Waals surface area contributed by atoms with Crippen molar-refractivity contribution in [2.75, 3.05) is 26.7 Å². The normalized spacial score (nSPS) is 12.0. The van der Waals surface area contributed by atoms with Crippen LogP contribution < -0.4 is 0 Å². The van der Waals surface area contributed by atoms with Gasteiger partial charge in [0.1, 0.15) is 6.54 Å². The van der Waals surface area contributed by atoms with Crippen LogP contribution in [0.15, 0.2) is 0 Å². The van der Waals surface area contributed by atoms with Crippen LogP contribution in [-0.2, 0) is 4.79 Å². The van der Waals surface area contributed by atoms with Crippen molar-refractivity contribution in [3.8, 4) is 0 Å². The molecule has 0 spiro atoms. The highest BCUT2D eigenvalue weighted by Crippen LogP contribution is 2.08. The number of aliphatic hydroxyl groups excluding tert-OH is 1. The van der Waals surface area contributed by atoms with Gasteiger partial charge in [-0.3, -0.25) is 4.79 Å². The van der Waals surface area contributed by atoms with Crippen molar-refractivity contribution in [1.82, 2.24) is 9.80 Å². The Bertz CT molecular complexity index is 284. The Hall–Kier alpha value is -1.30. The number of carboxylic acid groups (broad SMARTS) is 1. The summed E-state index contributed by atoms with van der Waals surface area (Å²) in [7, 11) is 1.68. The van der Waals surface area contributed by atoms with Crippen LogP contribution in [-0.4, -0.2) is 64.8 Å². The highest BCUT2D eigenvalue weighted by Gasteiger charge is 2.24. The second-order valence-electron chi connectivity index (χ2n) is 4.77. The predicted octanol–water partition coefficient (Wildman–Crippen LogP) is 1.39. The fourth-order valence-electron chi connectivity index (χ4n) is 1.73. The number of carbonyl (C=O) groups is 2. The predicted molar refractivity (Wildman–Crippen MR) is 73.1 cm³/mol. The summed E-state index contributed by atoms with van der Waals surface area (Å²) in [4.78, 5) is 25.9. The first kappa shape index (κ1) is 17.7. The minimum atomic E-state index is -0.998. The molecule has 112 valence electrons. The third-order valence-electron chi connectivity index (χ3n) is 3.15. The molecule has 19 heavy (non-hydrogen) atoms. The number of hydrogen-bond acceptors (Lipinski definition) is 3. The average molecular weight is 274 g/mol. The Morgan fingerprint density at radius 1 is 1.21 bits per heavy atom. The molecule has 6 nitrogen and oxygen atoms in total. The summed E-state index contributed by atoms with van der Waals surface area (Å²) >= 11 is 0. The van der Waals surface area contributed by atoms with E-state index in [0.717, 1.165) is 25.7 Å². The van der Waals surface area contributed by atoms with E-state index >= 15 is 0 Å². The molecule has 6 heteroatoms. The molecule has 0 bridgehead atoms. The van der Waals surface area contributed by atoms with Gasteiger partial charge in [-0.15, -0.1) is 0 Å². The van der Waals surface area contributed by atoms with Crippen molar-refractivity contribution < 1.29 is 19.8 Å². The lowest BCUT2D eigenvalue weighted by Gasteiger charge is -2.31. The molecule has 0 aromatic carbocycles. The molecule has 0 aliphatic rings. The van der Waals surface area contributed by atoms with Crippen molar-refractivity contribution in [3.63, 3.8) is 0 Å². The number of rotatable bonds is 9. The first-order valence-electron chi connectivity index (χ1n) is 6.78. The van der Waals surface area contributed by atoms with E-state index in [1.165, 1.54) is 4.90 Å². The second-order valence-corrected chi connectivity index (χ2v) is 4.77. The number of carboxylic acids is 1. The Balaban J connectivity index is 4.39. The largest absolute Gasteiger partial charge is 0.480 e. The van der Waals surface area contributed by atoms with E-state index in [1.807, 2.05) is 13.8 Å². The van der Waals surface area contributed by atoms with Crippen molar-refractivity contribution in [2.45, 2.75) is 45.6 Å². The van der Waals surface area contributed by atoms with Gasteiger partial charge in [0.05, 0.1) is 0 Å². The van der Waals surface area contributed by atoms with E-state index in [-0.39, 0.29) is 25.2 Å². The van der Waals surface area contributed by atoms with Gasteiger partial charge in [-0.1, -0.05) is 6.92 Å². The smallest absolute Gasteiger partial charge is 0.323 e. The minimum absolute atomic E-state index is 0.0940. The lowest BCUT2D eigenvalue weighted by Crippen LogP contribution is -2.48. The summed E-state index contributed by atoms with van der Waals surface area (Å²) < 4.78 is 0. The molecular weight excluding hydrogens is 248 g/mol. The van der Waals surface area contributed by atoms with Gasteiger partial charge in [0.15, 0.2) is 0 Å². The van der Waals surface area contributed by atoms with Crippen LogP contribution in [0.25, 0.3) is 0 Å². The van der Waals surface area contributed by atoms with E-state index in [9.17, 15) is 9.59 Å². The third kappa shape index (κ3) is 7.00. The maximum Gasteiger partial charge on any atom is 0.323 e. The molecule has 1 atom stereocenters. The van der Waals surface area contributed by atoms with E-state index in [4.69, 9.17) is 10.2 Å². The standard InChI is InChI=1S/C13H26N2O4/c1-4-11(2)15(10-12(17)18)13(19)14(3)8-6-5-7-9-16/h11,16H,4-10H2,1-3H3,(H,17,18). The maximum absolute atomic E-state index is 12.2. The van der Waals surface area contributed by atoms with Crippen LogP contribution in [0.2, 0.25) is 0 Å². The zero-order valence-corrected chi connectivity index (χ0v) is 12.1. The molecule has 0 saturated heterocycles. The molecule has 2 N–H and O–H groups in total. The van der Waals surface area contributed by atoms with Gasteiger partial charge >= 0.3 is 12.0 Å². The highest BCUT2D eigenvalue weighted by atomic mass is 16.4. The average Bonchev–Trinajstić information content (AvgIpc) is 2.38. The van der Waals surface area contributed by atoms with Crippen molar-refractivity contribution >= 4 is 12.0 Å². The summed E-state index contributed by atoms with van der Waals surface area (Å²) in [6.07, 6.45) is 3.12. The van der Waals surface area contributed by atoms with Crippen LogP contribution in [0.3, 0.4) is 0 Å². The van der Waals surface area contributed by atoms with E-state index in [2.05, 4.69) is 0 Å².